The zero-order chi connectivity index (χ0) is 14.3. The first kappa shape index (κ1) is 12.3. The molecule has 0 aliphatic carbocycles. The number of hydrogen-bond donors (Lipinski definition) is 3. The number of nitriles is 1. The number of rotatable bonds is 1. The van der Waals surface area contributed by atoms with Crippen molar-refractivity contribution >= 4 is 34.3 Å². The van der Waals surface area contributed by atoms with Gasteiger partial charge in [-0.15, -0.1) is 0 Å². The molecule has 98 valence electrons. The molecular weight excluding hydrogens is 276 g/mol. The number of fused-ring (bicyclic) bond motifs is 1. The molecule has 7 heteroatoms. The van der Waals surface area contributed by atoms with E-state index in [0.717, 1.165) is 5.56 Å². The fraction of sp³-hybridized carbons (Fsp3) is 0. The Morgan fingerprint density at radius 2 is 2.10 bits per heavy atom. The normalized spacial score (nSPS) is 10.6. The van der Waals surface area contributed by atoms with Crippen LogP contribution in [0.2, 0.25) is 5.02 Å². The molecule has 0 bridgehead atoms. The van der Waals surface area contributed by atoms with Crippen molar-refractivity contribution in [1.29, 1.82) is 5.26 Å². The lowest BCUT2D eigenvalue weighted by Crippen LogP contribution is -1.99. The average molecular weight is 285 g/mol. The first-order valence-electron chi connectivity index (χ1n) is 5.71. The lowest BCUT2D eigenvalue weighted by Gasteiger charge is -2.08. The van der Waals surface area contributed by atoms with Gasteiger partial charge in [0.25, 0.3) is 0 Å². The minimum Gasteiger partial charge on any atom is -0.383 e. The molecular formula is C13H9ClN6. The van der Waals surface area contributed by atoms with E-state index >= 15 is 0 Å². The van der Waals surface area contributed by atoms with Crippen molar-refractivity contribution in [2.24, 2.45) is 0 Å². The highest BCUT2D eigenvalue weighted by Crippen LogP contribution is 2.36. The Labute approximate surface area is 119 Å². The molecule has 0 saturated heterocycles. The SMILES string of the molecule is N#Cc1c(N)nc2n[nH]c(N)c2c1-c1cccc(Cl)c1. The summed E-state index contributed by atoms with van der Waals surface area (Å²) in [5.41, 5.74) is 13.7. The Kier molecular flexibility index (Phi) is 2.70. The summed E-state index contributed by atoms with van der Waals surface area (Å²) >= 11 is 6.01. The maximum atomic E-state index is 9.34. The highest BCUT2D eigenvalue weighted by atomic mass is 35.5. The predicted molar refractivity (Wildman–Crippen MR) is 77.9 cm³/mol. The van der Waals surface area contributed by atoms with Crippen LogP contribution >= 0.6 is 11.6 Å². The van der Waals surface area contributed by atoms with Crippen molar-refractivity contribution < 1.29 is 0 Å². The third kappa shape index (κ3) is 1.73. The second-order valence-corrected chi connectivity index (χ2v) is 4.64. The highest BCUT2D eigenvalue weighted by molar-refractivity contribution is 6.31. The average Bonchev–Trinajstić information content (AvgIpc) is 2.78. The van der Waals surface area contributed by atoms with Gasteiger partial charge in [0.15, 0.2) is 5.65 Å². The molecule has 2 heterocycles. The van der Waals surface area contributed by atoms with Gasteiger partial charge in [0.05, 0.1) is 5.39 Å². The number of pyridine rings is 1. The first-order valence-corrected chi connectivity index (χ1v) is 6.08. The summed E-state index contributed by atoms with van der Waals surface area (Å²) in [6.45, 7) is 0. The molecule has 6 nitrogen and oxygen atoms in total. The predicted octanol–water partition coefficient (Wildman–Crippen LogP) is 2.31. The van der Waals surface area contributed by atoms with Crippen LogP contribution in [0.1, 0.15) is 5.56 Å². The van der Waals surface area contributed by atoms with E-state index in [1.165, 1.54) is 0 Å². The monoisotopic (exact) mass is 284 g/mol. The maximum absolute atomic E-state index is 9.34. The van der Waals surface area contributed by atoms with E-state index in [2.05, 4.69) is 21.3 Å². The summed E-state index contributed by atoms with van der Waals surface area (Å²) < 4.78 is 0. The van der Waals surface area contributed by atoms with Gasteiger partial charge >= 0.3 is 0 Å². The number of aromatic nitrogens is 3. The van der Waals surface area contributed by atoms with Crippen LogP contribution in [0.15, 0.2) is 24.3 Å². The van der Waals surface area contributed by atoms with E-state index in [-0.39, 0.29) is 11.4 Å². The molecule has 3 aromatic rings. The summed E-state index contributed by atoms with van der Waals surface area (Å²) in [6.07, 6.45) is 0. The van der Waals surface area contributed by atoms with Crippen molar-refractivity contribution in [3.63, 3.8) is 0 Å². The van der Waals surface area contributed by atoms with E-state index in [4.69, 9.17) is 23.1 Å². The number of H-pyrrole nitrogens is 1. The lowest BCUT2D eigenvalue weighted by molar-refractivity contribution is 1.11. The summed E-state index contributed by atoms with van der Waals surface area (Å²) in [4.78, 5) is 4.08. The van der Waals surface area contributed by atoms with Crippen LogP contribution in [-0.4, -0.2) is 15.2 Å². The Balaban J connectivity index is 2.49. The van der Waals surface area contributed by atoms with Crippen molar-refractivity contribution in [3.05, 3.63) is 34.9 Å². The van der Waals surface area contributed by atoms with Crippen LogP contribution in [0.25, 0.3) is 22.2 Å². The van der Waals surface area contributed by atoms with Crippen LogP contribution in [0.5, 0.6) is 0 Å². The molecule has 20 heavy (non-hydrogen) atoms. The molecule has 5 N–H and O–H groups in total. The number of nitrogens with one attached hydrogen (secondary N) is 1. The second kappa shape index (κ2) is 4.40. The molecule has 0 saturated carbocycles. The maximum Gasteiger partial charge on any atom is 0.185 e. The van der Waals surface area contributed by atoms with Gasteiger partial charge in [-0.2, -0.15) is 10.4 Å². The van der Waals surface area contributed by atoms with Crippen LogP contribution in [0, 0.1) is 11.3 Å². The van der Waals surface area contributed by atoms with Gasteiger partial charge < -0.3 is 11.5 Å². The number of halogens is 1. The van der Waals surface area contributed by atoms with E-state index in [0.29, 0.717) is 27.4 Å². The minimum absolute atomic E-state index is 0.112. The van der Waals surface area contributed by atoms with Crippen molar-refractivity contribution in [3.8, 4) is 17.2 Å². The molecule has 0 atom stereocenters. The number of hydrogen-bond acceptors (Lipinski definition) is 5. The smallest absolute Gasteiger partial charge is 0.185 e. The lowest BCUT2D eigenvalue weighted by atomic mass is 9.98. The van der Waals surface area contributed by atoms with Gasteiger partial charge in [-0.3, -0.25) is 5.10 Å². The van der Waals surface area contributed by atoms with Crippen LogP contribution in [0.3, 0.4) is 0 Å². The number of anilines is 2. The molecule has 3 rings (SSSR count). The molecule has 0 amide bonds. The molecule has 2 aromatic heterocycles. The molecule has 0 aliphatic heterocycles. The Hall–Kier alpha value is -2.78. The van der Waals surface area contributed by atoms with Gasteiger partial charge in [0, 0.05) is 10.6 Å². The van der Waals surface area contributed by atoms with Gasteiger partial charge in [0.2, 0.25) is 0 Å². The topological polar surface area (TPSA) is 117 Å². The fourth-order valence-corrected chi connectivity index (χ4v) is 2.33. The quantitative estimate of drug-likeness (QED) is 0.634. The van der Waals surface area contributed by atoms with Crippen molar-refractivity contribution in [1.82, 2.24) is 15.2 Å². The number of nitrogen functional groups attached to an aromatic ring is 2. The molecule has 0 radical (unpaired) electrons. The third-order valence-electron chi connectivity index (χ3n) is 2.98. The van der Waals surface area contributed by atoms with Crippen LogP contribution < -0.4 is 11.5 Å². The summed E-state index contributed by atoms with van der Waals surface area (Å²) in [6, 6.07) is 9.17. The summed E-state index contributed by atoms with van der Waals surface area (Å²) in [7, 11) is 0. The number of nitrogens with zero attached hydrogens (tertiary/aromatic N) is 3. The molecule has 0 fully saturated rings. The largest absolute Gasteiger partial charge is 0.383 e. The minimum atomic E-state index is 0.112. The summed E-state index contributed by atoms with van der Waals surface area (Å²) in [5, 5.41) is 17.1. The fourth-order valence-electron chi connectivity index (χ4n) is 2.14. The van der Waals surface area contributed by atoms with Gasteiger partial charge in [-0.05, 0) is 17.7 Å². The zero-order valence-electron chi connectivity index (χ0n) is 10.2. The Morgan fingerprint density at radius 3 is 2.80 bits per heavy atom. The van der Waals surface area contributed by atoms with Gasteiger partial charge in [-0.25, -0.2) is 4.98 Å². The number of benzene rings is 1. The molecule has 0 unspecified atom stereocenters. The Bertz CT molecular complexity index is 861. The standard InChI is InChI=1S/C13H9ClN6/c14-7-3-1-2-6(4-7)9-8(5-15)11(16)18-13-10(9)12(17)19-20-13/h1-4H,(H5,16,17,18,19,20). The number of nitrogens with two attached hydrogens (primary N) is 2. The van der Waals surface area contributed by atoms with E-state index < -0.39 is 0 Å². The van der Waals surface area contributed by atoms with E-state index in [1.54, 1.807) is 18.2 Å². The third-order valence-corrected chi connectivity index (χ3v) is 3.22. The zero-order valence-corrected chi connectivity index (χ0v) is 10.9. The van der Waals surface area contributed by atoms with Crippen LogP contribution in [-0.2, 0) is 0 Å². The molecule has 1 aromatic carbocycles. The van der Waals surface area contributed by atoms with E-state index in [1.807, 2.05) is 6.07 Å². The highest BCUT2D eigenvalue weighted by Gasteiger charge is 2.19. The molecule has 0 aliphatic rings. The first-order chi connectivity index (χ1) is 9.61. The van der Waals surface area contributed by atoms with Gasteiger partial charge in [0.1, 0.15) is 23.3 Å². The van der Waals surface area contributed by atoms with Crippen molar-refractivity contribution in [2.75, 3.05) is 11.5 Å². The number of aromatic amines is 1. The Morgan fingerprint density at radius 1 is 1.30 bits per heavy atom. The summed E-state index contributed by atoms with van der Waals surface area (Å²) in [5.74, 6) is 0.445. The van der Waals surface area contributed by atoms with E-state index in [9.17, 15) is 5.26 Å². The second-order valence-electron chi connectivity index (χ2n) is 4.21. The van der Waals surface area contributed by atoms with Crippen molar-refractivity contribution in [2.45, 2.75) is 0 Å². The molecule has 0 spiro atoms. The van der Waals surface area contributed by atoms with Gasteiger partial charge in [-0.1, -0.05) is 23.7 Å². The van der Waals surface area contributed by atoms with Crippen LogP contribution in [0.4, 0.5) is 11.6 Å².